The molecule has 0 fully saturated rings. The number of aliphatic hydroxyl groups is 1. The molecule has 112 valence electrons. The molecule has 0 aliphatic carbocycles. The highest BCUT2D eigenvalue weighted by atomic mass is 16.3. The van der Waals surface area contributed by atoms with Crippen LogP contribution in [-0.2, 0) is 0 Å². The van der Waals surface area contributed by atoms with Gasteiger partial charge in [0.1, 0.15) is 5.82 Å². The van der Waals surface area contributed by atoms with Crippen molar-refractivity contribution < 1.29 is 5.11 Å². The summed E-state index contributed by atoms with van der Waals surface area (Å²) in [7, 11) is 1.81. The summed E-state index contributed by atoms with van der Waals surface area (Å²) >= 11 is 0. The number of anilines is 2. The quantitative estimate of drug-likeness (QED) is 0.754. The van der Waals surface area contributed by atoms with E-state index in [2.05, 4.69) is 25.6 Å². The summed E-state index contributed by atoms with van der Waals surface area (Å²) in [6.45, 7) is 4.12. The lowest BCUT2D eigenvalue weighted by molar-refractivity contribution is 0.248. The molecule has 2 aromatic rings. The van der Waals surface area contributed by atoms with Crippen LogP contribution >= 0.6 is 0 Å². The Bertz CT molecular complexity index is 574. The second-order valence-electron chi connectivity index (χ2n) is 5.13. The predicted molar refractivity (Wildman–Crippen MR) is 84.1 cm³/mol. The molecule has 2 heterocycles. The van der Waals surface area contributed by atoms with E-state index in [-0.39, 0.29) is 18.6 Å². The first kappa shape index (κ1) is 15.2. The standard InChI is InChI=1S/C15H21N5O/c1-10(2)13(9-21)19-15-18-12(8-14(16-3)20-15)11-4-6-17-7-5-11/h4-8,10,13,21H,9H2,1-3H3,(H2,16,18,19,20)/t13-/m1/s1. The number of aromatic nitrogens is 3. The van der Waals surface area contributed by atoms with Crippen molar-refractivity contribution in [1.82, 2.24) is 15.0 Å². The van der Waals surface area contributed by atoms with Gasteiger partial charge in [0.25, 0.3) is 0 Å². The van der Waals surface area contributed by atoms with E-state index >= 15 is 0 Å². The maximum atomic E-state index is 9.43. The van der Waals surface area contributed by atoms with Crippen molar-refractivity contribution >= 4 is 11.8 Å². The highest BCUT2D eigenvalue weighted by Crippen LogP contribution is 2.21. The normalized spacial score (nSPS) is 12.2. The van der Waals surface area contributed by atoms with Crippen molar-refractivity contribution in [3.63, 3.8) is 0 Å². The SMILES string of the molecule is CNc1cc(-c2ccncc2)nc(N[C@H](CO)C(C)C)n1. The molecule has 0 saturated heterocycles. The van der Waals surface area contributed by atoms with E-state index in [9.17, 15) is 5.11 Å². The van der Waals surface area contributed by atoms with Gasteiger partial charge in [0.2, 0.25) is 5.95 Å². The zero-order valence-corrected chi connectivity index (χ0v) is 12.5. The lowest BCUT2D eigenvalue weighted by Crippen LogP contribution is -2.30. The molecule has 2 rings (SSSR count). The lowest BCUT2D eigenvalue weighted by atomic mass is 10.1. The Morgan fingerprint density at radius 3 is 2.48 bits per heavy atom. The number of nitrogens with one attached hydrogen (secondary N) is 2. The Hall–Kier alpha value is -2.21. The molecule has 0 bridgehead atoms. The topological polar surface area (TPSA) is 83.0 Å². The number of aliphatic hydroxyl groups excluding tert-OH is 1. The molecule has 6 heteroatoms. The van der Waals surface area contributed by atoms with Crippen LogP contribution < -0.4 is 10.6 Å². The van der Waals surface area contributed by atoms with E-state index in [1.165, 1.54) is 0 Å². The minimum Gasteiger partial charge on any atom is -0.394 e. The molecule has 0 amide bonds. The zero-order chi connectivity index (χ0) is 15.2. The second kappa shape index (κ2) is 6.99. The molecule has 6 nitrogen and oxygen atoms in total. The molecule has 0 spiro atoms. The molecule has 0 aromatic carbocycles. The van der Waals surface area contributed by atoms with Gasteiger partial charge in [-0.25, -0.2) is 4.98 Å². The van der Waals surface area contributed by atoms with Crippen LogP contribution in [0.4, 0.5) is 11.8 Å². The van der Waals surface area contributed by atoms with Crippen molar-refractivity contribution in [1.29, 1.82) is 0 Å². The monoisotopic (exact) mass is 287 g/mol. The number of rotatable bonds is 6. The summed E-state index contributed by atoms with van der Waals surface area (Å²) in [5, 5.41) is 15.6. The number of pyridine rings is 1. The minimum absolute atomic E-state index is 0.0371. The second-order valence-corrected chi connectivity index (χ2v) is 5.13. The molecule has 0 aliphatic rings. The van der Waals surface area contributed by atoms with Gasteiger partial charge < -0.3 is 15.7 Å². The Kier molecular flexibility index (Phi) is 5.05. The number of hydrogen-bond donors (Lipinski definition) is 3. The van der Waals surface area contributed by atoms with Crippen LogP contribution in [0.5, 0.6) is 0 Å². The number of nitrogens with zero attached hydrogens (tertiary/aromatic N) is 3. The largest absolute Gasteiger partial charge is 0.394 e. The highest BCUT2D eigenvalue weighted by Gasteiger charge is 2.14. The Labute approximate surface area is 124 Å². The lowest BCUT2D eigenvalue weighted by Gasteiger charge is -2.20. The third-order valence-corrected chi connectivity index (χ3v) is 3.27. The van der Waals surface area contributed by atoms with Crippen molar-refractivity contribution in [2.45, 2.75) is 19.9 Å². The zero-order valence-electron chi connectivity index (χ0n) is 12.5. The Morgan fingerprint density at radius 2 is 1.90 bits per heavy atom. The van der Waals surface area contributed by atoms with E-state index < -0.39 is 0 Å². The van der Waals surface area contributed by atoms with E-state index in [0.717, 1.165) is 17.1 Å². The van der Waals surface area contributed by atoms with Crippen molar-refractivity contribution in [2.75, 3.05) is 24.3 Å². The molecule has 0 radical (unpaired) electrons. The molecule has 3 N–H and O–H groups in total. The van der Waals surface area contributed by atoms with Gasteiger partial charge in [-0.3, -0.25) is 4.98 Å². The van der Waals surface area contributed by atoms with Crippen LogP contribution in [0.2, 0.25) is 0 Å². The Balaban J connectivity index is 2.34. The molecular weight excluding hydrogens is 266 g/mol. The molecule has 1 atom stereocenters. The molecule has 0 aliphatic heterocycles. The fourth-order valence-corrected chi connectivity index (χ4v) is 1.90. The van der Waals surface area contributed by atoms with Crippen LogP contribution in [0, 0.1) is 5.92 Å². The molecular formula is C15H21N5O. The first-order valence-electron chi connectivity index (χ1n) is 6.98. The van der Waals surface area contributed by atoms with Gasteiger partial charge in [0, 0.05) is 31.1 Å². The van der Waals surface area contributed by atoms with Gasteiger partial charge >= 0.3 is 0 Å². The first-order chi connectivity index (χ1) is 10.1. The van der Waals surface area contributed by atoms with Crippen molar-refractivity contribution in [3.8, 4) is 11.3 Å². The smallest absolute Gasteiger partial charge is 0.225 e. The third-order valence-electron chi connectivity index (χ3n) is 3.27. The summed E-state index contributed by atoms with van der Waals surface area (Å²) < 4.78 is 0. The fraction of sp³-hybridized carbons (Fsp3) is 0.400. The van der Waals surface area contributed by atoms with Crippen molar-refractivity contribution in [3.05, 3.63) is 30.6 Å². The molecule has 2 aromatic heterocycles. The van der Waals surface area contributed by atoms with Crippen LogP contribution in [0.3, 0.4) is 0 Å². The highest BCUT2D eigenvalue weighted by molar-refractivity contribution is 5.63. The average molecular weight is 287 g/mol. The maximum Gasteiger partial charge on any atom is 0.225 e. The summed E-state index contributed by atoms with van der Waals surface area (Å²) in [4.78, 5) is 12.9. The van der Waals surface area contributed by atoms with Gasteiger partial charge in [-0.2, -0.15) is 4.98 Å². The van der Waals surface area contributed by atoms with Crippen molar-refractivity contribution in [2.24, 2.45) is 5.92 Å². The van der Waals surface area contributed by atoms with Crippen LogP contribution in [0.15, 0.2) is 30.6 Å². The summed E-state index contributed by atoms with van der Waals surface area (Å²) in [6, 6.07) is 5.60. The summed E-state index contributed by atoms with van der Waals surface area (Å²) in [5.74, 6) is 1.50. The predicted octanol–water partition coefficient (Wildman–Crippen LogP) is 2.01. The number of hydrogen-bond acceptors (Lipinski definition) is 6. The third kappa shape index (κ3) is 3.88. The van der Waals surface area contributed by atoms with Gasteiger partial charge in [0.15, 0.2) is 0 Å². The van der Waals surface area contributed by atoms with Gasteiger partial charge in [-0.05, 0) is 18.1 Å². The maximum absolute atomic E-state index is 9.43. The van der Waals surface area contributed by atoms with Gasteiger partial charge in [-0.1, -0.05) is 13.8 Å². The summed E-state index contributed by atoms with van der Waals surface area (Å²) in [5.41, 5.74) is 1.77. The van der Waals surface area contributed by atoms with Gasteiger partial charge in [0.05, 0.1) is 18.3 Å². The molecule has 0 unspecified atom stereocenters. The van der Waals surface area contributed by atoms with Crippen LogP contribution in [0.1, 0.15) is 13.8 Å². The molecule has 21 heavy (non-hydrogen) atoms. The minimum atomic E-state index is -0.0811. The first-order valence-corrected chi connectivity index (χ1v) is 6.98. The fourth-order valence-electron chi connectivity index (χ4n) is 1.90. The van der Waals surface area contributed by atoms with E-state index in [1.807, 2.05) is 39.1 Å². The Morgan fingerprint density at radius 1 is 1.19 bits per heavy atom. The van der Waals surface area contributed by atoms with E-state index in [0.29, 0.717) is 5.95 Å². The van der Waals surface area contributed by atoms with Crippen LogP contribution in [-0.4, -0.2) is 39.8 Å². The van der Waals surface area contributed by atoms with Gasteiger partial charge in [-0.15, -0.1) is 0 Å². The summed E-state index contributed by atoms with van der Waals surface area (Å²) in [6.07, 6.45) is 3.46. The van der Waals surface area contributed by atoms with Crippen LogP contribution in [0.25, 0.3) is 11.3 Å². The average Bonchev–Trinajstić information content (AvgIpc) is 2.52. The van der Waals surface area contributed by atoms with E-state index in [1.54, 1.807) is 12.4 Å². The molecule has 0 saturated carbocycles. The van der Waals surface area contributed by atoms with E-state index in [4.69, 9.17) is 0 Å².